The first kappa shape index (κ1) is 12.8. The van der Waals surface area contributed by atoms with Crippen molar-refractivity contribution in [2.24, 2.45) is 5.73 Å². The second-order valence-corrected chi connectivity index (χ2v) is 1.88. The van der Waals surface area contributed by atoms with Gasteiger partial charge in [0.05, 0.1) is 0 Å². The van der Waals surface area contributed by atoms with E-state index in [4.69, 9.17) is 15.9 Å². The molecule has 4 N–H and O–H groups in total. The highest BCUT2D eigenvalue weighted by Gasteiger charge is 2.12. The summed E-state index contributed by atoms with van der Waals surface area (Å²) in [6.45, 7) is 0. The van der Waals surface area contributed by atoms with E-state index in [0.717, 1.165) is 0 Å². The molecule has 1 atom stereocenters. The highest BCUT2D eigenvalue weighted by molar-refractivity contribution is 5.74. The Morgan fingerprint density at radius 1 is 1.36 bits per heavy atom. The first-order valence-electron chi connectivity index (χ1n) is 2.74. The summed E-state index contributed by atoms with van der Waals surface area (Å²) in [7, 11) is 0. The smallest absolute Gasteiger partial charge is 0.320 e. The molecule has 0 bridgehead atoms. The van der Waals surface area contributed by atoms with Crippen molar-refractivity contribution < 1.29 is 32.2 Å². The summed E-state index contributed by atoms with van der Waals surface area (Å²) in [6.07, 6.45) is -0.224. The van der Waals surface area contributed by atoms with Crippen molar-refractivity contribution in [2.75, 3.05) is 0 Å². The van der Waals surface area contributed by atoms with E-state index in [2.05, 4.69) is 0 Å². The Bertz CT molecular complexity index is 149. The third-order valence-corrected chi connectivity index (χ3v) is 0.986. The van der Waals surface area contributed by atoms with E-state index >= 15 is 0 Å². The molecule has 0 saturated carbocycles. The minimum Gasteiger partial charge on any atom is -1.00 e. The Morgan fingerprint density at radius 3 is 2.09 bits per heavy atom. The monoisotopic (exact) mass is 182 g/mol. The van der Waals surface area contributed by atoms with Crippen LogP contribution in [0.5, 0.6) is 0 Å². The van der Waals surface area contributed by atoms with Crippen molar-refractivity contribution in [2.45, 2.75) is 18.9 Å². The lowest BCUT2D eigenvalue weighted by Crippen LogP contribution is -3.00. The van der Waals surface area contributed by atoms with E-state index in [9.17, 15) is 9.59 Å². The summed E-state index contributed by atoms with van der Waals surface area (Å²) < 4.78 is 0. The summed E-state index contributed by atoms with van der Waals surface area (Å²) in [5, 5.41) is 16.3. The summed E-state index contributed by atoms with van der Waals surface area (Å²) in [5.41, 5.74) is 5.00. The molecule has 0 aliphatic heterocycles. The Kier molecular flexibility index (Phi) is 6.92. The summed E-state index contributed by atoms with van der Waals surface area (Å²) in [5.74, 6) is -2.20. The maximum Gasteiger partial charge on any atom is 0.320 e. The van der Waals surface area contributed by atoms with Gasteiger partial charge >= 0.3 is 11.9 Å². The average Bonchev–Trinajstić information content (AvgIpc) is 1.82. The lowest BCUT2D eigenvalue weighted by Gasteiger charge is -2.01. The lowest BCUT2D eigenvalue weighted by atomic mass is 10.2. The van der Waals surface area contributed by atoms with E-state index in [1.165, 1.54) is 0 Å². The molecule has 66 valence electrons. The quantitative estimate of drug-likeness (QED) is 0.415. The number of aliphatic carboxylic acids is 2. The number of carboxylic acids is 2. The van der Waals surface area contributed by atoms with E-state index < -0.39 is 18.0 Å². The Balaban J connectivity index is 0. The van der Waals surface area contributed by atoms with E-state index in [-0.39, 0.29) is 25.2 Å². The maximum absolute atomic E-state index is 9.99. The van der Waals surface area contributed by atoms with Crippen LogP contribution in [-0.4, -0.2) is 28.2 Å². The third kappa shape index (κ3) is 7.08. The van der Waals surface area contributed by atoms with E-state index in [1.54, 1.807) is 0 Å². The Labute approximate surface area is 69.6 Å². The standard InChI is InChI=1S/C5H9NO4.ClH/c6-3(5(9)10)1-2-4(7)8;/h3H,1-2,6H2,(H,7,8)(H,9,10);1H/p-1/t3-;/m0./s1. The van der Waals surface area contributed by atoms with Gasteiger partial charge in [-0.15, -0.1) is 0 Å². The van der Waals surface area contributed by atoms with Gasteiger partial charge in [-0.1, -0.05) is 0 Å². The van der Waals surface area contributed by atoms with Gasteiger partial charge in [-0.2, -0.15) is 0 Å². The van der Waals surface area contributed by atoms with Crippen LogP contribution in [0, 0.1) is 0 Å². The normalized spacial score (nSPS) is 11.4. The van der Waals surface area contributed by atoms with Crippen molar-refractivity contribution in [1.29, 1.82) is 0 Å². The number of hydrogen-bond acceptors (Lipinski definition) is 3. The zero-order valence-electron chi connectivity index (χ0n) is 5.66. The molecule has 0 heterocycles. The SMILES string of the molecule is N[C@@H](CCC(=O)O)C(=O)O.[Cl-]. The molecule has 0 aromatic heterocycles. The van der Waals surface area contributed by atoms with Gasteiger partial charge in [0.25, 0.3) is 0 Å². The number of halogens is 1. The molecule has 0 aromatic rings. The third-order valence-electron chi connectivity index (χ3n) is 0.986. The molecule has 0 fully saturated rings. The minimum absolute atomic E-state index is 0. The van der Waals surface area contributed by atoms with E-state index in [0.29, 0.717) is 0 Å². The van der Waals surface area contributed by atoms with Crippen LogP contribution in [0.2, 0.25) is 0 Å². The summed E-state index contributed by atoms with van der Waals surface area (Å²) in [4.78, 5) is 19.9. The zero-order valence-corrected chi connectivity index (χ0v) is 6.41. The fraction of sp³-hybridized carbons (Fsp3) is 0.600. The molecule has 0 aliphatic carbocycles. The van der Waals surface area contributed by atoms with Gasteiger partial charge in [0, 0.05) is 6.42 Å². The molecule has 6 heteroatoms. The molecule has 0 aliphatic rings. The van der Waals surface area contributed by atoms with Crippen molar-refractivity contribution in [3.8, 4) is 0 Å². The van der Waals surface area contributed by atoms with E-state index in [1.807, 2.05) is 0 Å². The molecule has 0 rings (SSSR count). The van der Waals surface area contributed by atoms with Crippen LogP contribution in [0.25, 0.3) is 0 Å². The number of carbonyl (C=O) groups is 2. The Morgan fingerprint density at radius 2 is 1.82 bits per heavy atom. The van der Waals surface area contributed by atoms with Gasteiger partial charge in [0.15, 0.2) is 0 Å². The van der Waals surface area contributed by atoms with Crippen molar-refractivity contribution in [3.63, 3.8) is 0 Å². The summed E-state index contributed by atoms with van der Waals surface area (Å²) >= 11 is 0. The fourth-order valence-corrected chi connectivity index (χ4v) is 0.402. The topological polar surface area (TPSA) is 101 Å². The van der Waals surface area contributed by atoms with Crippen molar-refractivity contribution in [1.82, 2.24) is 0 Å². The maximum atomic E-state index is 9.99. The predicted octanol–water partition coefficient (Wildman–Crippen LogP) is -3.73. The highest BCUT2D eigenvalue weighted by atomic mass is 35.5. The Hall–Kier alpha value is -0.810. The van der Waals surface area contributed by atoms with Crippen LogP contribution in [0.1, 0.15) is 12.8 Å². The van der Waals surface area contributed by atoms with Crippen LogP contribution < -0.4 is 18.1 Å². The largest absolute Gasteiger partial charge is 1.00 e. The van der Waals surface area contributed by atoms with Gasteiger partial charge in [0.1, 0.15) is 6.04 Å². The molecule has 0 saturated heterocycles. The highest BCUT2D eigenvalue weighted by Crippen LogP contribution is 1.93. The predicted molar refractivity (Wildman–Crippen MR) is 32.5 cm³/mol. The van der Waals surface area contributed by atoms with Gasteiger partial charge in [-0.3, -0.25) is 9.59 Å². The number of carboxylic acid groups (broad SMARTS) is 2. The van der Waals surface area contributed by atoms with Crippen LogP contribution >= 0.6 is 0 Å². The summed E-state index contributed by atoms with van der Waals surface area (Å²) in [6, 6.07) is -1.06. The van der Waals surface area contributed by atoms with Gasteiger partial charge in [0.2, 0.25) is 0 Å². The average molecular weight is 183 g/mol. The van der Waals surface area contributed by atoms with Crippen molar-refractivity contribution in [3.05, 3.63) is 0 Å². The second kappa shape index (κ2) is 5.94. The fourth-order valence-electron chi connectivity index (χ4n) is 0.402. The first-order chi connectivity index (χ1) is 4.54. The lowest BCUT2D eigenvalue weighted by molar-refractivity contribution is -0.139. The molecule has 5 nitrogen and oxygen atoms in total. The molecule has 0 unspecified atom stereocenters. The van der Waals surface area contributed by atoms with Crippen molar-refractivity contribution >= 4 is 11.9 Å². The second-order valence-electron chi connectivity index (χ2n) is 1.88. The van der Waals surface area contributed by atoms with Crippen LogP contribution in [-0.2, 0) is 9.59 Å². The number of rotatable bonds is 4. The van der Waals surface area contributed by atoms with Crippen LogP contribution in [0.15, 0.2) is 0 Å². The molecular weight excluding hydrogens is 174 g/mol. The molecule has 11 heavy (non-hydrogen) atoms. The molecular formula is C5H9ClNO4-. The molecule has 0 aromatic carbocycles. The molecule has 0 spiro atoms. The van der Waals surface area contributed by atoms with Crippen LogP contribution in [0.4, 0.5) is 0 Å². The number of hydrogen-bond donors (Lipinski definition) is 3. The molecule has 0 amide bonds. The minimum atomic E-state index is -1.17. The van der Waals surface area contributed by atoms with Crippen LogP contribution in [0.3, 0.4) is 0 Å². The zero-order chi connectivity index (χ0) is 8.15. The van der Waals surface area contributed by atoms with Gasteiger partial charge in [-0.05, 0) is 6.42 Å². The number of nitrogens with two attached hydrogens (primary N) is 1. The first-order valence-corrected chi connectivity index (χ1v) is 2.74. The van der Waals surface area contributed by atoms with Gasteiger partial charge in [-0.25, -0.2) is 0 Å². The van der Waals surface area contributed by atoms with Gasteiger partial charge < -0.3 is 28.4 Å². The molecule has 0 radical (unpaired) electrons.